The third-order valence-electron chi connectivity index (χ3n) is 5.15. The van der Waals surface area contributed by atoms with E-state index in [1.165, 1.54) is 96.3 Å². The number of hydrogen-bond acceptors (Lipinski definition) is 0. The highest BCUT2D eigenvalue weighted by molar-refractivity contribution is 4.57. The van der Waals surface area contributed by atoms with Crippen molar-refractivity contribution in [3.63, 3.8) is 0 Å². The zero-order valence-electron chi connectivity index (χ0n) is 15.8. The SMILES string of the molecule is CCCCCCCCCCCCCCCCC(C)C(C)C. The third-order valence-corrected chi connectivity index (χ3v) is 5.15. The lowest BCUT2D eigenvalue weighted by Crippen LogP contribution is -2.03. The van der Waals surface area contributed by atoms with Gasteiger partial charge in [0, 0.05) is 0 Å². The molecule has 21 heavy (non-hydrogen) atoms. The fourth-order valence-electron chi connectivity index (χ4n) is 2.99. The van der Waals surface area contributed by atoms with Gasteiger partial charge in [0.15, 0.2) is 0 Å². The van der Waals surface area contributed by atoms with Gasteiger partial charge in [-0.2, -0.15) is 0 Å². The molecule has 0 bridgehead atoms. The first kappa shape index (κ1) is 21.0. The smallest absolute Gasteiger partial charge is 0.0420 e. The maximum Gasteiger partial charge on any atom is -0.0420 e. The van der Waals surface area contributed by atoms with Gasteiger partial charge in [-0.05, 0) is 11.8 Å². The van der Waals surface area contributed by atoms with Crippen molar-refractivity contribution in [2.45, 2.75) is 124 Å². The van der Waals surface area contributed by atoms with E-state index < -0.39 is 0 Å². The van der Waals surface area contributed by atoms with Crippen molar-refractivity contribution in [2.24, 2.45) is 11.8 Å². The molecule has 0 aromatic carbocycles. The summed E-state index contributed by atoms with van der Waals surface area (Å²) in [7, 11) is 0. The first-order chi connectivity index (χ1) is 10.2. The molecule has 0 saturated carbocycles. The van der Waals surface area contributed by atoms with Crippen LogP contribution in [0.2, 0.25) is 0 Å². The van der Waals surface area contributed by atoms with Crippen molar-refractivity contribution in [2.75, 3.05) is 0 Å². The van der Waals surface area contributed by atoms with Gasteiger partial charge in [-0.1, -0.05) is 124 Å². The Balaban J connectivity index is 3.03. The van der Waals surface area contributed by atoms with Gasteiger partial charge in [0.1, 0.15) is 0 Å². The molecule has 0 spiro atoms. The van der Waals surface area contributed by atoms with Crippen LogP contribution in [0.25, 0.3) is 0 Å². The Morgan fingerprint density at radius 1 is 0.476 bits per heavy atom. The maximum absolute atomic E-state index is 2.41. The summed E-state index contributed by atoms with van der Waals surface area (Å²) in [6.07, 6.45) is 22.0. The standard InChI is InChI=1S/C21H44/c1-5-6-7-8-9-10-11-12-13-14-15-16-17-18-19-21(4)20(2)3/h20-21H,5-19H2,1-4H3. The summed E-state index contributed by atoms with van der Waals surface area (Å²) < 4.78 is 0. The molecular formula is C21H44. The minimum atomic E-state index is 0.868. The van der Waals surface area contributed by atoms with E-state index in [2.05, 4.69) is 27.7 Å². The van der Waals surface area contributed by atoms with Gasteiger partial charge in [0.05, 0.1) is 0 Å². The molecule has 0 rings (SSSR count). The lowest BCUT2D eigenvalue weighted by Gasteiger charge is -2.14. The van der Waals surface area contributed by atoms with Crippen molar-refractivity contribution < 1.29 is 0 Å². The minimum Gasteiger partial charge on any atom is -0.0654 e. The van der Waals surface area contributed by atoms with E-state index in [0.29, 0.717) is 0 Å². The molecular weight excluding hydrogens is 252 g/mol. The molecule has 0 nitrogen and oxygen atoms in total. The summed E-state index contributed by atoms with van der Waals surface area (Å²) in [5.74, 6) is 1.79. The molecule has 0 heterocycles. The van der Waals surface area contributed by atoms with Gasteiger partial charge < -0.3 is 0 Å². The van der Waals surface area contributed by atoms with Crippen molar-refractivity contribution in [1.82, 2.24) is 0 Å². The molecule has 0 radical (unpaired) electrons. The van der Waals surface area contributed by atoms with Gasteiger partial charge in [-0.3, -0.25) is 0 Å². The monoisotopic (exact) mass is 296 g/mol. The molecule has 0 aliphatic rings. The molecule has 0 saturated heterocycles. The molecule has 0 fully saturated rings. The lowest BCUT2D eigenvalue weighted by molar-refractivity contribution is 0.374. The maximum atomic E-state index is 2.41. The molecule has 0 aromatic rings. The predicted molar refractivity (Wildman–Crippen MR) is 98.9 cm³/mol. The zero-order chi connectivity index (χ0) is 15.8. The van der Waals surface area contributed by atoms with Crippen LogP contribution in [0.4, 0.5) is 0 Å². The summed E-state index contributed by atoms with van der Waals surface area (Å²) in [5, 5.41) is 0. The van der Waals surface area contributed by atoms with Gasteiger partial charge in [-0.15, -0.1) is 0 Å². The quantitative estimate of drug-likeness (QED) is 0.252. The molecule has 0 aromatic heterocycles. The van der Waals surface area contributed by atoms with E-state index in [1.54, 1.807) is 0 Å². The highest BCUT2D eigenvalue weighted by Gasteiger charge is 2.05. The summed E-state index contributed by atoms with van der Waals surface area (Å²) in [5.41, 5.74) is 0. The first-order valence-electron chi connectivity index (χ1n) is 10.2. The van der Waals surface area contributed by atoms with Gasteiger partial charge in [0.25, 0.3) is 0 Å². The molecule has 1 unspecified atom stereocenters. The van der Waals surface area contributed by atoms with Crippen LogP contribution in [0.3, 0.4) is 0 Å². The number of rotatable bonds is 16. The van der Waals surface area contributed by atoms with Gasteiger partial charge in [-0.25, -0.2) is 0 Å². The second-order valence-electron chi connectivity index (χ2n) is 7.61. The summed E-state index contributed by atoms with van der Waals surface area (Å²) in [6, 6.07) is 0. The molecule has 0 amide bonds. The molecule has 0 heteroatoms. The summed E-state index contributed by atoms with van der Waals surface area (Å²) in [6.45, 7) is 9.42. The highest BCUT2D eigenvalue weighted by atomic mass is 14.1. The normalized spacial score (nSPS) is 13.0. The Morgan fingerprint density at radius 2 is 0.810 bits per heavy atom. The van der Waals surface area contributed by atoms with Crippen molar-refractivity contribution in [1.29, 1.82) is 0 Å². The van der Waals surface area contributed by atoms with Gasteiger partial charge >= 0.3 is 0 Å². The predicted octanol–water partition coefficient (Wildman–Crippen LogP) is 8.15. The van der Waals surface area contributed by atoms with E-state index in [4.69, 9.17) is 0 Å². The van der Waals surface area contributed by atoms with Crippen LogP contribution in [0.5, 0.6) is 0 Å². The highest BCUT2D eigenvalue weighted by Crippen LogP contribution is 2.19. The van der Waals surface area contributed by atoms with Crippen molar-refractivity contribution >= 4 is 0 Å². The van der Waals surface area contributed by atoms with E-state index in [9.17, 15) is 0 Å². The molecule has 1 atom stereocenters. The Bertz CT molecular complexity index is 182. The molecule has 128 valence electrons. The molecule has 0 N–H and O–H groups in total. The second kappa shape index (κ2) is 16.4. The van der Waals surface area contributed by atoms with Crippen LogP contribution < -0.4 is 0 Å². The van der Waals surface area contributed by atoms with E-state index in [-0.39, 0.29) is 0 Å². The van der Waals surface area contributed by atoms with Crippen LogP contribution in [0, 0.1) is 11.8 Å². The van der Waals surface area contributed by atoms with E-state index >= 15 is 0 Å². The molecule has 0 aliphatic heterocycles. The third kappa shape index (κ3) is 16.2. The molecule has 0 aliphatic carbocycles. The second-order valence-corrected chi connectivity index (χ2v) is 7.61. The topological polar surface area (TPSA) is 0 Å². The average molecular weight is 297 g/mol. The van der Waals surface area contributed by atoms with E-state index in [1.807, 2.05) is 0 Å². The number of unbranched alkanes of at least 4 members (excludes halogenated alkanes) is 13. The largest absolute Gasteiger partial charge is 0.0654 e. The number of hydrogen-bond donors (Lipinski definition) is 0. The fraction of sp³-hybridized carbons (Fsp3) is 1.00. The Labute approximate surface area is 136 Å². The van der Waals surface area contributed by atoms with Crippen LogP contribution in [-0.2, 0) is 0 Å². The van der Waals surface area contributed by atoms with Crippen LogP contribution in [-0.4, -0.2) is 0 Å². The Hall–Kier alpha value is 0. The average Bonchev–Trinajstić information content (AvgIpc) is 2.47. The summed E-state index contributed by atoms with van der Waals surface area (Å²) >= 11 is 0. The minimum absolute atomic E-state index is 0.868. The lowest BCUT2D eigenvalue weighted by atomic mass is 9.92. The Kier molecular flexibility index (Phi) is 16.4. The van der Waals surface area contributed by atoms with Crippen molar-refractivity contribution in [3.8, 4) is 0 Å². The summed E-state index contributed by atoms with van der Waals surface area (Å²) in [4.78, 5) is 0. The van der Waals surface area contributed by atoms with Crippen molar-refractivity contribution in [3.05, 3.63) is 0 Å². The van der Waals surface area contributed by atoms with Crippen LogP contribution in [0.15, 0.2) is 0 Å². The van der Waals surface area contributed by atoms with Gasteiger partial charge in [0.2, 0.25) is 0 Å². The zero-order valence-corrected chi connectivity index (χ0v) is 15.8. The van der Waals surface area contributed by atoms with Crippen LogP contribution in [0.1, 0.15) is 124 Å². The first-order valence-corrected chi connectivity index (χ1v) is 10.2. The Morgan fingerprint density at radius 3 is 1.14 bits per heavy atom. The van der Waals surface area contributed by atoms with E-state index in [0.717, 1.165) is 11.8 Å². The van der Waals surface area contributed by atoms with Crippen LogP contribution >= 0.6 is 0 Å². The fourth-order valence-corrected chi connectivity index (χ4v) is 2.99.